The second-order valence-corrected chi connectivity index (χ2v) is 4.65. The van der Waals surface area contributed by atoms with E-state index < -0.39 is 0 Å². The molecule has 1 heterocycles. The van der Waals surface area contributed by atoms with Crippen molar-refractivity contribution in [2.45, 2.75) is 0 Å². The van der Waals surface area contributed by atoms with E-state index in [4.69, 9.17) is 0 Å². The molecule has 4 nitrogen and oxygen atoms in total. The molecular weight excluding hydrogens is 281 g/mol. The highest BCUT2D eigenvalue weighted by molar-refractivity contribution is 5.89. The Labute approximate surface area is 125 Å². The molecule has 0 aliphatic heterocycles. The van der Waals surface area contributed by atoms with Gasteiger partial charge in [-0.3, -0.25) is 4.79 Å². The van der Waals surface area contributed by atoms with Crippen LogP contribution in [0.4, 0.5) is 4.39 Å². The van der Waals surface area contributed by atoms with Crippen LogP contribution < -0.4 is 5.56 Å². The van der Waals surface area contributed by atoms with E-state index in [2.05, 4.69) is 9.97 Å². The van der Waals surface area contributed by atoms with Crippen LogP contribution in [-0.2, 0) is 0 Å². The molecule has 0 saturated heterocycles. The van der Waals surface area contributed by atoms with E-state index in [9.17, 15) is 14.4 Å². The maximum absolute atomic E-state index is 12.9. The summed E-state index contributed by atoms with van der Waals surface area (Å²) in [4.78, 5) is 18.9. The monoisotopic (exact) mass is 291 g/mol. The Bertz CT molecular complexity index is 966. The van der Waals surface area contributed by atoms with E-state index >= 15 is 0 Å². The van der Waals surface area contributed by atoms with Gasteiger partial charge in [-0.15, -0.1) is 0 Å². The number of halogens is 1. The van der Waals surface area contributed by atoms with Crippen molar-refractivity contribution in [3.05, 3.63) is 76.1 Å². The first-order valence-corrected chi connectivity index (χ1v) is 6.54. The molecule has 1 N–H and O–H groups in total. The molecule has 2 aromatic carbocycles. The van der Waals surface area contributed by atoms with Crippen molar-refractivity contribution in [1.29, 1.82) is 5.26 Å². The highest BCUT2D eigenvalue weighted by Crippen LogP contribution is 2.16. The number of fused-ring (bicyclic) bond motifs is 1. The Morgan fingerprint density at radius 1 is 1.18 bits per heavy atom. The van der Waals surface area contributed by atoms with Crippen molar-refractivity contribution in [3.63, 3.8) is 0 Å². The molecule has 3 rings (SSSR count). The lowest BCUT2D eigenvalue weighted by Gasteiger charge is -2.02. The zero-order valence-corrected chi connectivity index (χ0v) is 11.4. The average molecular weight is 291 g/mol. The first-order chi connectivity index (χ1) is 10.7. The predicted octanol–water partition coefficient (Wildman–Crippen LogP) is 3.13. The van der Waals surface area contributed by atoms with Crippen molar-refractivity contribution in [1.82, 2.24) is 9.97 Å². The van der Waals surface area contributed by atoms with Gasteiger partial charge in [0, 0.05) is 0 Å². The van der Waals surface area contributed by atoms with Crippen molar-refractivity contribution in [3.8, 4) is 6.07 Å². The first-order valence-electron chi connectivity index (χ1n) is 6.54. The molecule has 22 heavy (non-hydrogen) atoms. The Kier molecular flexibility index (Phi) is 3.50. The minimum absolute atomic E-state index is 0.190. The SMILES string of the molecule is N#C/C(=C\c1ccc(F)cc1)c1nc2ccccc2c(=O)[nH]1. The summed E-state index contributed by atoms with van der Waals surface area (Å²) in [6.45, 7) is 0. The fourth-order valence-electron chi connectivity index (χ4n) is 2.09. The molecule has 0 bridgehead atoms. The number of hydrogen-bond donors (Lipinski definition) is 1. The van der Waals surface area contributed by atoms with Gasteiger partial charge in [-0.2, -0.15) is 5.26 Å². The third-order valence-electron chi connectivity index (χ3n) is 3.17. The van der Waals surface area contributed by atoms with Crippen LogP contribution in [0.15, 0.2) is 53.3 Å². The van der Waals surface area contributed by atoms with Crippen LogP contribution in [0.3, 0.4) is 0 Å². The third kappa shape index (κ3) is 2.63. The van der Waals surface area contributed by atoms with E-state index in [-0.39, 0.29) is 22.8 Å². The highest BCUT2D eigenvalue weighted by atomic mass is 19.1. The Balaban J connectivity index is 2.13. The molecule has 0 spiro atoms. The summed E-state index contributed by atoms with van der Waals surface area (Å²) in [6.07, 6.45) is 1.55. The summed E-state index contributed by atoms with van der Waals surface area (Å²) < 4.78 is 12.9. The summed E-state index contributed by atoms with van der Waals surface area (Å²) in [5.74, 6) is -0.164. The van der Waals surface area contributed by atoms with Gasteiger partial charge in [0.2, 0.25) is 0 Å². The van der Waals surface area contributed by atoms with E-state index in [1.54, 1.807) is 42.5 Å². The van der Waals surface area contributed by atoms with Crippen LogP contribution >= 0.6 is 0 Å². The normalized spacial score (nSPS) is 11.4. The fourth-order valence-corrected chi connectivity index (χ4v) is 2.09. The summed E-state index contributed by atoms with van der Waals surface area (Å²) in [5, 5.41) is 9.77. The standard InChI is InChI=1S/C17H10FN3O/c18-13-7-5-11(6-8-13)9-12(10-19)16-20-15-4-2-1-3-14(15)17(22)21-16/h1-9H,(H,20,21,22)/b12-9+. The van der Waals surface area contributed by atoms with Crippen LogP contribution in [0.25, 0.3) is 22.6 Å². The number of H-pyrrole nitrogens is 1. The van der Waals surface area contributed by atoms with Gasteiger partial charge in [0.15, 0.2) is 5.82 Å². The van der Waals surface area contributed by atoms with Crippen LogP contribution in [-0.4, -0.2) is 9.97 Å². The number of nitrogens with one attached hydrogen (secondary N) is 1. The minimum atomic E-state index is -0.354. The van der Waals surface area contributed by atoms with Crippen molar-refractivity contribution in [2.24, 2.45) is 0 Å². The highest BCUT2D eigenvalue weighted by Gasteiger charge is 2.08. The second kappa shape index (κ2) is 5.62. The van der Waals surface area contributed by atoms with Crippen molar-refractivity contribution in [2.75, 3.05) is 0 Å². The number of benzene rings is 2. The summed E-state index contributed by atoms with van der Waals surface area (Å²) in [5.41, 5.74) is 1.06. The molecule has 0 radical (unpaired) electrons. The smallest absolute Gasteiger partial charge is 0.259 e. The number of aromatic amines is 1. The fraction of sp³-hybridized carbons (Fsp3) is 0. The van der Waals surface area contributed by atoms with Gasteiger partial charge in [-0.05, 0) is 35.9 Å². The number of aromatic nitrogens is 2. The van der Waals surface area contributed by atoms with Gasteiger partial charge >= 0.3 is 0 Å². The predicted molar refractivity (Wildman–Crippen MR) is 82.2 cm³/mol. The topological polar surface area (TPSA) is 69.5 Å². The van der Waals surface area contributed by atoms with E-state index in [0.29, 0.717) is 16.5 Å². The minimum Gasteiger partial charge on any atom is -0.305 e. The molecule has 0 atom stereocenters. The molecule has 0 saturated carbocycles. The lowest BCUT2D eigenvalue weighted by molar-refractivity contribution is 0.628. The zero-order valence-electron chi connectivity index (χ0n) is 11.4. The Hall–Kier alpha value is -3.26. The lowest BCUT2D eigenvalue weighted by Crippen LogP contribution is -2.11. The number of rotatable bonds is 2. The Morgan fingerprint density at radius 2 is 1.91 bits per heavy atom. The number of hydrogen-bond acceptors (Lipinski definition) is 3. The molecule has 3 aromatic rings. The van der Waals surface area contributed by atoms with Crippen LogP contribution in [0.2, 0.25) is 0 Å². The van der Waals surface area contributed by atoms with Gasteiger partial charge in [0.25, 0.3) is 5.56 Å². The van der Waals surface area contributed by atoms with Crippen molar-refractivity contribution < 1.29 is 4.39 Å². The third-order valence-corrected chi connectivity index (χ3v) is 3.17. The zero-order chi connectivity index (χ0) is 15.5. The molecule has 0 unspecified atom stereocenters. The Morgan fingerprint density at radius 3 is 2.64 bits per heavy atom. The maximum atomic E-state index is 12.9. The molecule has 0 aliphatic carbocycles. The molecule has 106 valence electrons. The van der Waals surface area contributed by atoms with Crippen LogP contribution in [0.5, 0.6) is 0 Å². The van der Waals surface area contributed by atoms with Gasteiger partial charge in [0.1, 0.15) is 11.9 Å². The van der Waals surface area contributed by atoms with Crippen LogP contribution in [0, 0.1) is 17.1 Å². The number of allylic oxidation sites excluding steroid dienone is 1. The summed E-state index contributed by atoms with van der Waals surface area (Å²) in [6, 6.07) is 14.6. The largest absolute Gasteiger partial charge is 0.305 e. The van der Waals surface area contributed by atoms with E-state index in [0.717, 1.165) is 0 Å². The molecule has 0 fully saturated rings. The molecule has 1 aromatic heterocycles. The van der Waals surface area contributed by atoms with Crippen molar-refractivity contribution >= 4 is 22.6 Å². The van der Waals surface area contributed by atoms with Crippen LogP contribution in [0.1, 0.15) is 11.4 Å². The molecule has 0 amide bonds. The van der Waals surface area contributed by atoms with Gasteiger partial charge in [-0.1, -0.05) is 24.3 Å². The number of nitriles is 1. The first kappa shape index (κ1) is 13.7. The van der Waals surface area contributed by atoms with Gasteiger partial charge in [-0.25, -0.2) is 9.37 Å². The quantitative estimate of drug-likeness (QED) is 0.737. The van der Waals surface area contributed by atoms with E-state index in [1.807, 2.05) is 6.07 Å². The second-order valence-electron chi connectivity index (χ2n) is 4.65. The number of nitrogens with zero attached hydrogens (tertiary/aromatic N) is 2. The summed E-state index contributed by atoms with van der Waals surface area (Å²) >= 11 is 0. The average Bonchev–Trinajstić information content (AvgIpc) is 2.54. The van der Waals surface area contributed by atoms with Gasteiger partial charge in [0.05, 0.1) is 16.5 Å². The lowest BCUT2D eigenvalue weighted by atomic mass is 10.1. The maximum Gasteiger partial charge on any atom is 0.259 e. The summed E-state index contributed by atoms with van der Waals surface area (Å²) in [7, 11) is 0. The van der Waals surface area contributed by atoms with Gasteiger partial charge < -0.3 is 4.98 Å². The molecule has 0 aliphatic rings. The number of para-hydroxylation sites is 1. The molecular formula is C17H10FN3O. The molecule has 5 heteroatoms. The van der Waals surface area contributed by atoms with E-state index in [1.165, 1.54) is 12.1 Å².